The highest BCUT2D eigenvalue weighted by atomic mass is 79.9. The van der Waals surface area contributed by atoms with Gasteiger partial charge in [0.05, 0.1) is 24.0 Å². The van der Waals surface area contributed by atoms with Crippen molar-refractivity contribution in [3.63, 3.8) is 0 Å². The quantitative estimate of drug-likeness (QED) is 0.861. The van der Waals surface area contributed by atoms with Crippen molar-refractivity contribution in [1.29, 1.82) is 0 Å². The van der Waals surface area contributed by atoms with Crippen LogP contribution in [0.25, 0.3) is 0 Å². The summed E-state index contributed by atoms with van der Waals surface area (Å²) in [6, 6.07) is 5.44. The van der Waals surface area contributed by atoms with E-state index in [2.05, 4.69) is 20.8 Å². The largest absolute Gasteiger partial charge is 0.373 e. The van der Waals surface area contributed by atoms with E-state index in [0.29, 0.717) is 25.3 Å². The predicted molar refractivity (Wildman–Crippen MR) is 73.7 cm³/mol. The zero-order valence-electron chi connectivity index (χ0n) is 9.93. The second-order valence-electron chi connectivity index (χ2n) is 4.20. The molecule has 1 heterocycles. The van der Waals surface area contributed by atoms with Crippen molar-refractivity contribution < 1.29 is 9.53 Å². The molecule has 0 radical (unpaired) electrons. The number of carbonyl (C=O) groups is 1. The minimum absolute atomic E-state index is 0.00143. The average molecular weight is 314 g/mol. The molecule has 0 aromatic heterocycles. The Morgan fingerprint density at radius 2 is 2.33 bits per heavy atom. The maximum atomic E-state index is 11.5. The van der Waals surface area contributed by atoms with Crippen molar-refractivity contribution in [1.82, 2.24) is 0 Å². The Morgan fingerprint density at radius 3 is 3.00 bits per heavy atom. The summed E-state index contributed by atoms with van der Waals surface area (Å²) >= 11 is 3.41. The van der Waals surface area contributed by atoms with Gasteiger partial charge in [0.1, 0.15) is 0 Å². The van der Waals surface area contributed by atoms with Gasteiger partial charge >= 0.3 is 0 Å². The van der Waals surface area contributed by atoms with E-state index in [9.17, 15) is 4.79 Å². The summed E-state index contributed by atoms with van der Waals surface area (Å²) in [4.78, 5) is 13.5. The number of hydrogen-bond acceptors (Lipinski definition) is 4. The predicted octanol–water partition coefficient (Wildman–Crippen LogP) is 0.712. The molecule has 1 aliphatic heterocycles. The van der Waals surface area contributed by atoms with Gasteiger partial charge in [0.25, 0.3) is 5.91 Å². The molecule has 0 spiro atoms. The molecular formula is C12H16BrN3O2. The number of morpholine rings is 1. The second-order valence-corrected chi connectivity index (χ2v) is 5.12. The summed E-state index contributed by atoms with van der Waals surface area (Å²) in [5, 5.41) is 0. The number of halogens is 1. The Hall–Kier alpha value is -1.11. The smallest absolute Gasteiger partial charge is 0.250 e. The molecule has 0 bridgehead atoms. The zero-order valence-corrected chi connectivity index (χ0v) is 11.5. The number of nitrogens with two attached hydrogens (primary N) is 2. The number of hydrogen-bond donors (Lipinski definition) is 2. The van der Waals surface area contributed by atoms with Crippen LogP contribution in [-0.4, -0.2) is 38.3 Å². The molecule has 6 heteroatoms. The molecular weight excluding hydrogens is 298 g/mol. The molecule has 1 aliphatic rings. The van der Waals surface area contributed by atoms with Gasteiger partial charge in [0.2, 0.25) is 0 Å². The number of carbonyl (C=O) groups excluding carboxylic acids is 1. The monoisotopic (exact) mass is 313 g/mol. The Morgan fingerprint density at radius 1 is 1.56 bits per heavy atom. The van der Waals surface area contributed by atoms with E-state index in [4.69, 9.17) is 16.2 Å². The molecule has 4 N–H and O–H groups in total. The lowest BCUT2D eigenvalue weighted by atomic mass is 10.1. The van der Waals surface area contributed by atoms with E-state index in [1.165, 1.54) is 0 Å². The number of rotatable bonds is 3. The number of ether oxygens (including phenoxy) is 1. The molecule has 0 aliphatic carbocycles. The Kier molecular flexibility index (Phi) is 4.21. The van der Waals surface area contributed by atoms with Gasteiger partial charge in [-0.2, -0.15) is 0 Å². The normalized spacial score (nSPS) is 19.9. The summed E-state index contributed by atoms with van der Waals surface area (Å²) in [5.74, 6) is -0.423. The molecule has 18 heavy (non-hydrogen) atoms. The molecule has 1 amide bonds. The standard InChI is InChI=1S/C12H16BrN3O2/c13-8-1-2-10(12(15)17)11(5-8)16-3-4-18-9(6-14)7-16/h1-2,5,9H,3-4,6-7,14H2,(H2,15,17). The van der Waals surface area contributed by atoms with E-state index in [-0.39, 0.29) is 6.10 Å². The number of benzene rings is 1. The SMILES string of the molecule is NCC1CN(c2cc(Br)ccc2C(N)=O)CCO1. The first-order chi connectivity index (χ1) is 8.61. The fourth-order valence-corrected chi connectivity index (χ4v) is 2.40. The zero-order chi connectivity index (χ0) is 13.1. The van der Waals surface area contributed by atoms with E-state index < -0.39 is 5.91 Å². The van der Waals surface area contributed by atoms with Crippen molar-refractivity contribution in [3.05, 3.63) is 28.2 Å². The first-order valence-corrected chi connectivity index (χ1v) is 6.57. The van der Waals surface area contributed by atoms with Gasteiger partial charge in [-0.3, -0.25) is 4.79 Å². The van der Waals surface area contributed by atoms with Crippen molar-refractivity contribution in [3.8, 4) is 0 Å². The fraction of sp³-hybridized carbons (Fsp3) is 0.417. The highest BCUT2D eigenvalue weighted by molar-refractivity contribution is 9.10. The van der Waals surface area contributed by atoms with Crippen molar-refractivity contribution in [2.45, 2.75) is 6.10 Å². The van der Waals surface area contributed by atoms with Crippen molar-refractivity contribution in [2.75, 3.05) is 31.1 Å². The summed E-state index contributed by atoms with van der Waals surface area (Å²) in [6.07, 6.45) is -0.00143. The highest BCUT2D eigenvalue weighted by Gasteiger charge is 2.22. The first-order valence-electron chi connectivity index (χ1n) is 5.77. The third-order valence-corrected chi connectivity index (χ3v) is 3.46. The number of amides is 1. The van der Waals surface area contributed by atoms with Gasteiger partial charge in [0.15, 0.2) is 0 Å². The number of anilines is 1. The molecule has 5 nitrogen and oxygen atoms in total. The van der Waals surface area contributed by atoms with Crippen molar-refractivity contribution in [2.24, 2.45) is 11.5 Å². The van der Waals surface area contributed by atoms with Crippen LogP contribution in [0.4, 0.5) is 5.69 Å². The molecule has 0 saturated carbocycles. The molecule has 1 aromatic rings. The molecule has 1 fully saturated rings. The fourth-order valence-electron chi connectivity index (χ4n) is 2.06. The van der Waals surface area contributed by atoms with Gasteiger partial charge < -0.3 is 21.1 Å². The van der Waals surface area contributed by atoms with E-state index in [1.807, 2.05) is 12.1 Å². The molecule has 1 saturated heterocycles. The van der Waals surface area contributed by atoms with Crippen LogP contribution < -0.4 is 16.4 Å². The number of nitrogens with zero attached hydrogens (tertiary/aromatic N) is 1. The first kappa shape index (κ1) is 13.3. The maximum absolute atomic E-state index is 11.5. The van der Waals surface area contributed by atoms with Crippen LogP contribution >= 0.6 is 15.9 Å². The summed E-state index contributed by atoms with van der Waals surface area (Å²) in [5.41, 5.74) is 12.4. The summed E-state index contributed by atoms with van der Waals surface area (Å²) < 4.78 is 6.43. The Bertz CT molecular complexity index is 453. The average Bonchev–Trinajstić information content (AvgIpc) is 2.38. The molecule has 1 aromatic carbocycles. The highest BCUT2D eigenvalue weighted by Crippen LogP contribution is 2.26. The van der Waals surface area contributed by atoms with Crippen LogP contribution in [0.1, 0.15) is 10.4 Å². The van der Waals surface area contributed by atoms with Crippen molar-refractivity contribution >= 4 is 27.5 Å². The third kappa shape index (κ3) is 2.82. The molecule has 1 atom stereocenters. The summed E-state index contributed by atoms with van der Waals surface area (Å²) in [6.45, 7) is 2.48. The lowest BCUT2D eigenvalue weighted by molar-refractivity contribution is 0.0465. The Labute approximate surface area is 114 Å². The van der Waals surface area contributed by atoms with Crippen LogP contribution in [0.5, 0.6) is 0 Å². The van der Waals surface area contributed by atoms with Gasteiger partial charge in [0, 0.05) is 24.1 Å². The van der Waals surface area contributed by atoms with E-state index in [0.717, 1.165) is 16.7 Å². The van der Waals surface area contributed by atoms with Crippen LogP contribution in [0.2, 0.25) is 0 Å². The minimum Gasteiger partial charge on any atom is -0.373 e. The third-order valence-electron chi connectivity index (χ3n) is 2.97. The topological polar surface area (TPSA) is 81.6 Å². The van der Waals surface area contributed by atoms with Gasteiger partial charge in [-0.25, -0.2) is 0 Å². The van der Waals surface area contributed by atoms with Crippen LogP contribution in [0.15, 0.2) is 22.7 Å². The second kappa shape index (κ2) is 5.69. The van der Waals surface area contributed by atoms with Crippen LogP contribution in [0.3, 0.4) is 0 Å². The van der Waals surface area contributed by atoms with E-state index >= 15 is 0 Å². The Balaban J connectivity index is 2.31. The van der Waals surface area contributed by atoms with Gasteiger partial charge in [-0.1, -0.05) is 15.9 Å². The molecule has 1 unspecified atom stereocenters. The lowest BCUT2D eigenvalue weighted by Crippen LogP contribution is -2.46. The van der Waals surface area contributed by atoms with E-state index in [1.54, 1.807) is 6.07 Å². The van der Waals surface area contributed by atoms with Gasteiger partial charge in [-0.15, -0.1) is 0 Å². The van der Waals surface area contributed by atoms with Gasteiger partial charge in [-0.05, 0) is 18.2 Å². The molecule has 2 rings (SSSR count). The lowest BCUT2D eigenvalue weighted by Gasteiger charge is -2.34. The number of primary amides is 1. The minimum atomic E-state index is -0.423. The molecule has 98 valence electrons. The maximum Gasteiger partial charge on any atom is 0.250 e. The van der Waals surface area contributed by atoms with Crippen LogP contribution in [-0.2, 0) is 4.74 Å². The summed E-state index contributed by atoms with van der Waals surface area (Å²) in [7, 11) is 0. The van der Waals surface area contributed by atoms with Crippen LogP contribution in [0, 0.1) is 0 Å².